The second kappa shape index (κ2) is 7.44. The first kappa shape index (κ1) is 17.0. The van der Waals surface area contributed by atoms with E-state index >= 15 is 0 Å². The Morgan fingerprint density at radius 1 is 0.947 bits per heavy atom. The lowest BCUT2D eigenvalue weighted by Gasteiger charge is -2.17. The van der Waals surface area contributed by atoms with Crippen molar-refractivity contribution >= 4 is 23.6 Å². The number of nitrogens with two attached hydrogens (primary N) is 3. The number of hydrogen-bond donors (Lipinski definition) is 5. The molecule has 0 rings (SSSR count). The van der Waals surface area contributed by atoms with Crippen LogP contribution in [0.25, 0.3) is 0 Å². The maximum Gasteiger partial charge on any atom is 0.320 e. The fourth-order valence-electron chi connectivity index (χ4n) is 1.39. The number of carboxylic acid groups (broad SMARTS) is 2. The number of Topliss-reactive ketones (excluding diaryl/α,β-unsaturated/α-hetero) is 1. The minimum Gasteiger partial charge on any atom is -0.481 e. The van der Waals surface area contributed by atoms with Gasteiger partial charge in [-0.05, 0) is 12.8 Å². The van der Waals surface area contributed by atoms with Crippen molar-refractivity contribution in [2.24, 2.45) is 23.1 Å². The molecule has 9 heteroatoms. The average Bonchev–Trinajstić information content (AvgIpc) is 2.30. The Bertz CT molecular complexity index is 383. The van der Waals surface area contributed by atoms with Gasteiger partial charge >= 0.3 is 11.9 Å². The lowest BCUT2D eigenvalue weighted by Crippen LogP contribution is -2.43. The highest BCUT2D eigenvalue weighted by molar-refractivity contribution is 6.01. The molecule has 0 aromatic rings. The summed E-state index contributed by atoms with van der Waals surface area (Å²) < 4.78 is 0. The third-order valence-electron chi connectivity index (χ3n) is 2.52. The Morgan fingerprint density at radius 3 is 1.84 bits per heavy atom. The first-order valence-electron chi connectivity index (χ1n) is 5.45. The molecule has 0 aliphatic heterocycles. The third kappa shape index (κ3) is 5.93. The van der Waals surface area contributed by atoms with Crippen LogP contribution in [0.4, 0.5) is 0 Å². The predicted octanol–water partition coefficient (Wildman–Crippen LogP) is -2.35. The number of ketones is 1. The van der Waals surface area contributed by atoms with Crippen molar-refractivity contribution in [2.45, 2.75) is 31.3 Å². The molecule has 0 heterocycles. The summed E-state index contributed by atoms with van der Waals surface area (Å²) in [6.45, 7) is 0. The Kier molecular flexibility index (Phi) is 6.66. The van der Waals surface area contributed by atoms with Crippen LogP contribution >= 0.6 is 0 Å². The van der Waals surface area contributed by atoms with Gasteiger partial charge in [-0.3, -0.25) is 19.2 Å². The van der Waals surface area contributed by atoms with Crippen molar-refractivity contribution in [1.82, 2.24) is 0 Å². The van der Waals surface area contributed by atoms with Crippen molar-refractivity contribution < 1.29 is 29.4 Å². The lowest BCUT2D eigenvalue weighted by atomic mass is 9.90. The van der Waals surface area contributed by atoms with Crippen molar-refractivity contribution in [1.29, 1.82) is 0 Å². The summed E-state index contributed by atoms with van der Waals surface area (Å²) in [5.41, 5.74) is 15.5. The first-order valence-corrected chi connectivity index (χ1v) is 5.45. The van der Waals surface area contributed by atoms with Gasteiger partial charge in [-0.15, -0.1) is 0 Å². The minimum atomic E-state index is -1.62. The van der Waals surface area contributed by atoms with Gasteiger partial charge < -0.3 is 27.4 Å². The predicted molar refractivity (Wildman–Crippen MR) is 62.8 cm³/mol. The van der Waals surface area contributed by atoms with Crippen LogP contribution in [0.2, 0.25) is 0 Å². The van der Waals surface area contributed by atoms with Crippen LogP contribution in [0.5, 0.6) is 0 Å². The topological polar surface area (TPSA) is 187 Å². The summed E-state index contributed by atoms with van der Waals surface area (Å²) in [6.07, 6.45) is -0.821. The zero-order valence-corrected chi connectivity index (χ0v) is 10.1. The van der Waals surface area contributed by atoms with Crippen LogP contribution in [-0.2, 0) is 19.2 Å². The Balaban J connectivity index is 4.70. The van der Waals surface area contributed by atoms with Gasteiger partial charge in [0.2, 0.25) is 5.91 Å². The Morgan fingerprint density at radius 2 is 1.47 bits per heavy atom. The van der Waals surface area contributed by atoms with Gasteiger partial charge in [-0.1, -0.05) is 0 Å². The molecule has 0 radical (unpaired) electrons. The molecule has 0 aromatic heterocycles. The summed E-state index contributed by atoms with van der Waals surface area (Å²) in [7, 11) is 0. The number of aliphatic carboxylic acids is 2. The zero-order valence-electron chi connectivity index (χ0n) is 10.1. The summed E-state index contributed by atoms with van der Waals surface area (Å²) in [6, 6.07) is -2.68. The number of primary amides is 1. The van der Waals surface area contributed by atoms with E-state index in [1.165, 1.54) is 0 Å². The van der Waals surface area contributed by atoms with Crippen molar-refractivity contribution in [2.75, 3.05) is 0 Å². The van der Waals surface area contributed by atoms with Gasteiger partial charge in [-0.2, -0.15) is 0 Å². The molecular formula is C10H17N3O6. The van der Waals surface area contributed by atoms with E-state index in [1.807, 2.05) is 0 Å². The molecule has 0 fully saturated rings. The normalized spacial score (nSPS) is 15.3. The molecule has 3 atom stereocenters. The highest BCUT2D eigenvalue weighted by atomic mass is 16.4. The standard InChI is InChI=1S/C10H17N3O6/c11-5(1-2-7(13)14)8(15)4(9(16)17)3-6(12)10(18)19/h4-6H,1-3,11-12H2,(H2,13,14)(H,16,17)(H,18,19)/t4?,5-,6-/m0/s1. The molecule has 0 saturated carbocycles. The third-order valence-corrected chi connectivity index (χ3v) is 2.52. The molecule has 0 aliphatic carbocycles. The zero-order chi connectivity index (χ0) is 15.2. The minimum absolute atomic E-state index is 0.0970. The first-order chi connectivity index (χ1) is 8.66. The summed E-state index contributed by atoms with van der Waals surface area (Å²) in [5, 5.41) is 17.5. The summed E-state index contributed by atoms with van der Waals surface area (Å²) in [5.74, 6) is -6.07. The van der Waals surface area contributed by atoms with Gasteiger partial charge in [0.25, 0.3) is 0 Å². The van der Waals surface area contributed by atoms with Gasteiger partial charge in [0.1, 0.15) is 12.0 Å². The number of hydrogen-bond acceptors (Lipinski definition) is 6. The maximum atomic E-state index is 11.7. The average molecular weight is 275 g/mol. The molecule has 0 aromatic carbocycles. The number of carbonyl (C=O) groups is 4. The molecule has 0 bridgehead atoms. The van der Waals surface area contributed by atoms with Crippen LogP contribution in [0.1, 0.15) is 19.3 Å². The number of carbonyl (C=O) groups excluding carboxylic acids is 2. The van der Waals surface area contributed by atoms with Gasteiger partial charge in [0, 0.05) is 6.42 Å². The van der Waals surface area contributed by atoms with E-state index in [-0.39, 0.29) is 12.8 Å². The molecule has 9 nitrogen and oxygen atoms in total. The van der Waals surface area contributed by atoms with Crippen LogP contribution < -0.4 is 17.2 Å². The van der Waals surface area contributed by atoms with Crippen LogP contribution in [0.15, 0.2) is 0 Å². The van der Waals surface area contributed by atoms with E-state index in [9.17, 15) is 19.2 Å². The van der Waals surface area contributed by atoms with Crippen LogP contribution in [-0.4, -0.2) is 45.9 Å². The van der Waals surface area contributed by atoms with E-state index < -0.39 is 48.1 Å². The molecule has 19 heavy (non-hydrogen) atoms. The number of rotatable bonds is 9. The molecule has 0 saturated heterocycles. The molecular weight excluding hydrogens is 258 g/mol. The van der Waals surface area contributed by atoms with Gasteiger partial charge in [0.15, 0.2) is 5.78 Å². The second-order valence-corrected chi connectivity index (χ2v) is 4.09. The quantitative estimate of drug-likeness (QED) is 0.289. The van der Waals surface area contributed by atoms with E-state index in [0.717, 1.165) is 0 Å². The van der Waals surface area contributed by atoms with Crippen LogP contribution in [0, 0.1) is 5.92 Å². The van der Waals surface area contributed by atoms with Crippen molar-refractivity contribution in [3.05, 3.63) is 0 Å². The fourth-order valence-corrected chi connectivity index (χ4v) is 1.39. The van der Waals surface area contributed by atoms with Crippen molar-refractivity contribution in [3.63, 3.8) is 0 Å². The van der Waals surface area contributed by atoms with E-state index in [2.05, 4.69) is 0 Å². The van der Waals surface area contributed by atoms with Gasteiger partial charge in [-0.25, -0.2) is 0 Å². The molecule has 1 amide bonds. The SMILES string of the molecule is NC(=O)CC[C@H](N)C(=O)C(C[C@H](N)C(=O)O)C(=O)O. The van der Waals surface area contributed by atoms with E-state index in [4.69, 9.17) is 27.4 Å². The lowest BCUT2D eigenvalue weighted by molar-refractivity contribution is -0.148. The van der Waals surface area contributed by atoms with Crippen LogP contribution in [0.3, 0.4) is 0 Å². The highest BCUT2D eigenvalue weighted by Crippen LogP contribution is 2.12. The molecule has 108 valence electrons. The Labute approximate surface area is 108 Å². The van der Waals surface area contributed by atoms with E-state index in [0.29, 0.717) is 0 Å². The second-order valence-electron chi connectivity index (χ2n) is 4.09. The summed E-state index contributed by atoms with van der Waals surface area (Å²) >= 11 is 0. The number of carboxylic acids is 2. The molecule has 0 aliphatic rings. The maximum absolute atomic E-state index is 11.7. The van der Waals surface area contributed by atoms with E-state index in [1.54, 1.807) is 0 Å². The summed E-state index contributed by atoms with van der Waals surface area (Å²) in [4.78, 5) is 43.8. The smallest absolute Gasteiger partial charge is 0.320 e. The Hall–Kier alpha value is -2.00. The largest absolute Gasteiger partial charge is 0.481 e. The van der Waals surface area contributed by atoms with Crippen molar-refractivity contribution in [3.8, 4) is 0 Å². The highest BCUT2D eigenvalue weighted by Gasteiger charge is 2.33. The molecule has 8 N–H and O–H groups in total. The molecule has 0 spiro atoms. The number of amides is 1. The monoisotopic (exact) mass is 275 g/mol. The fraction of sp³-hybridized carbons (Fsp3) is 0.600. The molecule has 1 unspecified atom stereocenters. The van der Waals surface area contributed by atoms with Gasteiger partial charge in [0.05, 0.1) is 6.04 Å².